The van der Waals surface area contributed by atoms with Crippen molar-refractivity contribution in [1.82, 2.24) is 4.98 Å². The Morgan fingerprint density at radius 3 is 3.08 bits per heavy atom. The molecule has 0 aromatic carbocycles. The summed E-state index contributed by atoms with van der Waals surface area (Å²) in [5.74, 6) is 2.47. The lowest BCUT2D eigenvalue weighted by atomic mass is 10.2. The van der Waals surface area contributed by atoms with Gasteiger partial charge in [-0.15, -0.1) is 6.42 Å². The lowest BCUT2D eigenvalue weighted by molar-refractivity contribution is 1.24. The lowest BCUT2D eigenvalue weighted by Gasteiger charge is -2.06. The Morgan fingerprint density at radius 1 is 1.75 bits per heavy atom. The number of pyridine rings is 1. The minimum Gasteiger partial charge on any atom is -0.371 e. The predicted molar refractivity (Wildman–Crippen MR) is 51.3 cm³/mol. The number of aryl methyl sites for hydroxylation is 1. The van der Waals surface area contributed by atoms with Gasteiger partial charge >= 0.3 is 0 Å². The van der Waals surface area contributed by atoms with E-state index in [1.807, 2.05) is 13.0 Å². The third-order valence-electron chi connectivity index (χ3n) is 1.48. The summed E-state index contributed by atoms with van der Waals surface area (Å²) < 4.78 is 0. The Kier molecular flexibility index (Phi) is 2.95. The van der Waals surface area contributed by atoms with Gasteiger partial charge in [0.05, 0.1) is 12.2 Å². The molecule has 0 atom stereocenters. The summed E-state index contributed by atoms with van der Waals surface area (Å²) in [5.41, 5.74) is 1.86. The van der Waals surface area contributed by atoms with Crippen LogP contribution in [0.2, 0.25) is 5.15 Å². The first-order valence-electron chi connectivity index (χ1n) is 3.54. The van der Waals surface area contributed by atoms with Gasteiger partial charge in [-0.1, -0.05) is 17.5 Å². The number of nitrogens with zero attached hydrogens (tertiary/aromatic N) is 1. The molecule has 0 saturated carbocycles. The van der Waals surface area contributed by atoms with E-state index in [1.165, 1.54) is 0 Å². The standard InChI is InChI=1S/C9H9ClN2/c1-3-5-11-8-7(2)4-6-12-9(8)10/h1,4,6,11H,5H2,2H3. The van der Waals surface area contributed by atoms with Crippen molar-refractivity contribution in [2.45, 2.75) is 6.92 Å². The molecule has 0 fully saturated rings. The predicted octanol–water partition coefficient (Wildman–Crippen LogP) is 2.09. The number of hydrogen-bond donors (Lipinski definition) is 1. The van der Waals surface area contributed by atoms with E-state index in [1.54, 1.807) is 6.20 Å². The van der Waals surface area contributed by atoms with Gasteiger partial charge in [-0.25, -0.2) is 4.98 Å². The maximum Gasteiger partial charge on any atom is 0.152 e. The summed E-state index contributed by atoms with van der Waals surface area (Å²) in [7, 11) is 0. The van der Waals surface area contributed by atoms with Gasteiger partial charge in [-0.05, 0) is 18.6 Å². The molecule has 62 valence electrons. The van der Waals surface area contributed by atoms with Crippen LogP contribution in [0.3, 0.4) is 0 Å². The monoisotopic (exact) mass is 180 g/mol. The molecule has 1 rings (SSSR count). The zero-order chi connectivity index (χ0) is 8.97. The molecule has 0 amide bonds. The topological polar surface area (TPSA) is 24.9 Å². The molecule has 1 aromatic rings. The van der Waals surface area contributed by atoms with Crippen molar-refractivity contribution in [2.75, 3.05) is 11.9 Å². The van der Waals surface area contributed by atoms with Gasteiger partial charge in [0.15, 0.2) is 5.15 Å². The van der Waals surface area contributed by atoms with Crippen LogP contribution < -0.4 is 5.32 Å². The summed E-state index contributed by atoms with van der Waals surface area (Å²) in [4.78, 5) is 3.93. The number of aromatic nitrogens is 1. The van der Waals surface area contributed by atoms with E-state index < -0.39 is 0 Å². The van der Waals surface area contributed by atoms with Crippen LogP contribution in [0.25, 0.3) is 0 Å². The van der Waals surface area contributed by atoms with Crippen LogP contribution in [0.15, 0.2) is 12.3 Å². The first-order chi connectivity index (χ1) is 5.75. The van der Waals surface area contributed by atoms with Crippen molar-refractivity contribution in [3.63, 3.8) is 0 Å². The average molecular weight is 181 g/mol. The first kappa shape index (κ1) is 8.89. The van der Waals surface area contributed by atoms with E-state index >= 15 is 0 Å². The molecule has 1 aromatic heterocycles. The van der Waals surface area contributed by atoms with Gasteiger partial charge in [-0.3, -0.25) is 0 Å². The molecule has 3 heteroatoms. The number of nitrogens with one attached hydrogen (secondary N) is 1. The van der Waals surface area contributed by atoms with Crippen LogP contribution in [0.4, 0.5) is 5.69 Å². The Balaban J connectivity index is 2.90. The molecule has 0 spiro atoms. The van der Waals surface area contributed by atoms with Crippen molar-refractivity contribution >= 4 is 17.3 Å². The zero-order valence-electron chi connectivity index (χ0n) is 6.76. The average Bonchev–Trinajstić information content (AvgIpc) is 2.04. The van der Waals surface area contributed by atoms with Crippen molar-refractivity contribution < 1.29 is 0 Å². The molecule has 0 aliphatic carbocycles. The van der Waals surface area contributed by atoms with E-state index in [9.17, 15) is 0 Å². The van der Waals surface area contributed by atoms with Crippen LogP contribution in [0.1, 0.15) is 5.56 Å². The fourth-order valence-corrected chi connectivity index (χ4v) is 1.15. The summed E-state index contributed by atoms with van der Waals surface area (Å²) in [5, 5.41) is 3.46. The number of halogens is 1. The minimum atomic E-state index is 0.463. The minimum absolute atomic E-state index is 0.463. The van der Waals surface area contributed by atoms with E-state index in [0.29, 0.717) is 11.7 Å². The first-order valence-corrected chi connectivity index (χ1v) is 3.92. The fourth-order valence-electron chi connectivity index (χ4n) is 0.877. The van der Waals surface area contributed by atoms with Gasteiger partial charge in [0.2, 0.25) is 0 Å². The van der Waals surface area contributed by atoms with Crippen LogP contribution in [-0.4, -0.2) is 11.5 Å². The normalized spacial score (nSPS) is 9.08. The molecule has 1 heterocycles. The maximum absolute atomic E-state index is 5.82. The molecule has 0 unspecified atom stereocenters. The van der Waals surface area contributed by atoms with Gasteiger partial charge in [0.25, 0.3) is 0 Å². The van der Waals surface area contributed by atoms with Crippen LogP contribution >= 0.6 is 11.6 Å². The Hall–Kier alpha value is -1.20. The third-order valence-corrected chi connectivity index (χ3v) is 1.77. The summed E-state index contributed by atoms with van der Waals surface area (Å²) in [6.45, 7) is 2.42. The number of rotatable bonds is 2. The SMILES string of the molecule is C#CCNc1c(C)ccnc1Cl. The Labute approximate surface area is 77.0 Å². The second-order valence-electron chi connectivity index (χ2n) is 2.35. The summed E-state index contributed by atoms with van der Waals surface area (Å²) >= 11 is 5.82. The molecular weight excluding hydrogens is 172 g/mol. The van der Waals surface area contributed by atoms with E-state index in [0.717, 1.165) is 11.3 Å². The second-order valence-corrected chi connectivity index (χ2v) is 2.71. The van der Waals surface area contributed by atoms with E-state index in [-0.39, 0.29) is 0 Å². The van der Waals surface area contributed by atoms with Crippen molar-refractivity contribution in [3.05, 3.63) is 23.0 Å². The maximum atomic E-state index is 5.82. The highest BCUT2D eigenvalue weighted by Gasteiger charge is 2.01. The molecule has 0 aliphatic heterocycles. The third kappa shape index (κ3) is 1.90. The molecule has 0 bridgehead atoms. The van der Waals surface area contributed by atoms with Gasteiger partial charge in [0.1, 0.15) is 0 Å². The Morgan fingerprint density at radius 2 is 2.50 bits per heavy atom. The van der Waals surface area contributed by atoms with Crippen LogP contribution in [0.5, 0.6) is 0 Å². The second kappa shape index (κ2) is 3.99. The molecule has 0 radical (unpaired) electrons. The molecule has 0 aliphatic rings. The highest BCUT2D eigenvalue weighted by Crippen LogP contribution is 2.21. The van der Waals surface area contributed by atoms with Crippen molar-refractivity contribution in [3.8, 4) is 12.3 Å². The number of hydrogen-bond acceptors (Lipinski definition) is 2. The van der Waals surface area contributed by atoms with E-state index in [2.05, 4.69) is 16.2 Å². The van der Waals surface area contributed by atoms with Crippen LogP contribution in [-0.2, 0) is 0 Å². The quantitative estimate of drug-likeness (QED) is 0.557. The highest BCUT2D eigenvalue weighted by atomic mass is 35.5. The summed E-state index contributed by atoms with van der Waals surface area (Å²) in [6.07, 6.45) is 6.77. The largest absolute Gasteiger partial charge is 0.371 e. The lowest BCUT2D eigenvalue weighted by Crippen LogP contribution is -2.01. The molecule has 2 nitrogen and oxygen atoms in total. The van der Waals surface area contributed by atoms with Gasteiger partial charge < -0.3 is 5.32 Å². The number of anilines is 1. The Bertz CT molecular complexity index is 295. The molecule has 1 N–H and O–H groups in total. The van der Waals surface area contributed by atoms with Crippen molar-refractivity contribution in [2.24, 2.45) is 0 Å². The van der Waals surface area contributed by atoms with Crippen LogP contribution in [0, 0.1) is 19.3 Å². The fraction of sp³-hybridized carbons (Fsp3) is 0.222. The van der Waals surface area contributed by atoms with Gasteiger partial charge in [-0.2, -0.15) is 0 Å². The van der Waals surface area contributed by atoms with Gasteiger partial charge in [0, 0.05) is 6.20 Å². The molecular formula is C9H9ClN2. The zero-order valence-corrected chi connectivity index (χ0v) is 7.52. The molecule has 12 heavy (non-hydrogen) atoms. The smallest absolute Gasteiger partial charge is 0.152 e. The summed E-state index contributed by atoms with van der Waals surface area (Å²) in [6, 6.07) is 1.88. The number of terminal acetylenes is 1. The molecule has 0 saturated heterocycles. The van der Waals surface area contributed by atoms with Crippen molar-refractivity contribution in [1.29, 1.82) is 0 Å². The van der Waals surface area contributed by atoms with E-state index in [4.69, 9.17) is 18.0 Å². The highest BCUT2D eigenvalue weighted by molar-refractivity contribution is 6.32.